The molecular formula is C14H25NO3S. The van der Waals surface area contributed by atoms with Crippen LogP contribution in [0, 0.1) is 5.92 Å². The Hall–Kier alpha value is -0.810. The van der Waals surface area contributed by atoms with E-state index in [0.717, 1.165) is 25.1 Å². The first-order chi connectivity index (χ1) is 8.96. The van der Waals surface area contributed by atoms with Crippen LogP contribution < -0.4 is 5.32 Å². The van der Waals surface area contributed by atoms with Crippen LogP contribution in [0.3, 0.4) is 0 Å². The van der Waals surface area contributed by atoms with E-state index < -0.39 is 9.84 Å². The Labute approximate surface area is 116 Å². The molecule has 0 saturated heterocycles. The van der Waals surface area contributed by atoms with Crippen molar-refractivity contribution in [3.63, 3.8) is 0 Å². The van der Waals surface area contributed by atoms with E-state index >= 15 is 0 Å². The van der Waals surface area contributed by atoms with Gasteiger partial charge in [0.25, 0.3) is 0 Å². The summed E-state index contributed by atoms with van der Waals surface area (Å²) in [6.45, 7) is 7.65. The predicted molar refractivity (Wildman–Crippen MR) is 77.7 cm³/mol. The molecule has 0 spiro atoms. The van der Waals surface area contributed by atoms with E-state index in [1.807, 2.05) is 19.9 Å². The van der Waals surface area contributed by atoms with Crippen molar-refractivity contribution in [3.05, 3.63) is 23.7 Å². The molecule has 5 heteroatoms. The van der Waals surface area contributed by atoms with E-state index in [1.165, 1.54) is 0 Å². The summed E-state index contributed by atoms with van der Waals surface area (Å²) in [6.07, 6.45) is 1.94. The maximum atomic E-state index is 12.0. The van der Waals surface area contributed by atoms with E-state index in [-0.39, 0.29) is 17.4 Å². The van der Waals surface area contributed by atoms with Crippen LogP contribution in [-0.4, -0.2) is 20.7 Å². The summed E-state index contributed by atoms with van der Waals surface area (Å²) in [5.74, 6) is 1.77. The van der Waals surface area contributed by atoms with Gasteiger partial charge in [-0.15, -0.1) is 0 Å². The van der Waals surface area contributed by atoms with Gasteiger partial charge in [-0.1, -0.05) is 27.2 Å². The standard InChI is InChI=1S/C14H25NO3S/c1-4-8-15-9-13-6-7-14(18-13)11-19(16,17)10-12(3)5-2/h6-7,12,15H,4-5,8-11H2,1-3H3. The number of nitrogens with one attached hydrogen (secondary N) is 1. The van der Waals surface area contributed by atoms with Gasteiger partial charge in [0.1, 0.15) is 17.3 Å². The summed E-state index contributed by atoms with van der Waals surface area (Å²) in [6, 6.07) is 3.61. The third kappa shape index (κ3) is 6.25. The van der Waals surface area contributed by atoms with Crippen molar-refractivity contribution in [2.75, 3.05) is 12.3 Å². The van der Waals surface area contributed by atoms with Crippen molar-refractivity contribution < 1.29 is 12.8 Å². The summed E-state index contributed by atoms with van der Waals surface area (Å²) in [7, 11) is -3.07. The summed E-state index contributed by atoms with van der Waals surface area (Å²) < 4.78 is 29.5. The molecule has 0 aromatic carbocycles. The van der Waals surface area contributed by atoms with Crippen molar-refractivity contribution in [3.8, 4) is 0 Å². The summed E-state index contributed by atoms with van der Waals surface area (Å²) in [5.41, 5.74) is 0. The van der Waals surface area contributed by atoms with Crippen LogP contribution in [0.5, 0.6) is 0 Å². The lowest BCUT2D eigenvalue weighted by Crippen LogP contribution is -2.15. The average molecular weight is 287 g/mol. The van der Waals surface area contributed by atoms with Crippen molar-refractivity contribution in [2.45, 2.75) is 45.9 Å². The minimum absolute atomic E-state index is 0.00508. The zero-order valence-electron chi connectivity index (χ0n) is 12.1. The van der Waals surface area contributed by atoms with Gasteiger partial charge in [0.05, 0.1) is 12.3 Å². The number of hydrogen-bond donors (Lipinski definition) is 1. The molecular weight excluding hydrogens is 262 g/mol. The maximum Gasteiger partial charge on any atom is 0.157 e. The van der Waals surface area contributed by atoms with Crippen molar-refractivity contribution in [1.82, 2.24) is 5.32 Å². The van der Waals surface area contributed by atoms with Crippen LogP contribution in [-0.2, 0) is 22.1 Å². The monoisotopic (exact) mass is 287 g/mol. The molecule has 0 bridgehead atoms. The number of rotatable bonds is 9. The van der Waals surface area contributed by atoms with Crippen LogP contribution in [0.4, 0.5) is 0 Å². The molecule has 4 nitrogen and oxygen atoms in total. The number of hydrogen-bond acceptors (Lipinski definition) is 4. The molecule has 1 N–H and O–H groups in total. The molecule has 0 amide bonds. The lowest BCUT2D eigenvalue weighted by molar-refractivity contribution is 0.455. The molecule has 0 aliphatic carbocycles. The number of furan rings is 1. The Kier molecular flexibility index (Phi) is 6.58. The zero-order chi connectivity index (χ0) is 14.3. The summed E-state index contributed by atoms with van der Waals surface area (Å²) >= 11 is 0. The molecule has 0 aliphatic heterocycles. The van der Waals surface area contributed by atoms with Crippen LogP contribution in [0.2, 0.25) is 0 Å². The van der Waals surface area contributed by atoms with Crippen LogP contribution in [0.25, 0.3) is 0 Å². The SMILES string of the molecule is CCCNCc1ccc(CS(=O)(=O)CC(C)CC)o1. The Bertz CT molecular complexity index is 465. The minimum Gasteiger partial charge on any atom is -0.464 e. The number of sulfone groups is 1. The molecule has 0 fully saturated rings. The van der Waals surface area contributed by atoms with E-state index in [9.17, 15) is 8.42 Å². The topological polar surface area (TPSA) is 59.3 Å². The molecule has 1 heterocycles. The highest BCUT2D eigenvalue weighted by atomic mass is 32.2. The van der Waals surface area contributed by atoms with E-state index in [4.69, 9.17) is 4.42 Å². The Balaban J connectivity index is 2.53. The second kappa shape index (κ2) is 7.70. The lowest BCUT2D eigenvalue weighted by atomic mass is 10.2. The van der Waals surface area contributed by atoms with E-state index in [1.54, 1.807) is 6.07 Å². The van der Waals surface area contributed by atoms with Crippen molar-refractivity contribution in [1.29, 1.82) is 0 Å². The molecule has 1 atom stereocenters. The molecule has 0 saturated carbocycles. The van der Waals surface area contributed by atoms with Gasteiger partial charge in [0.2, 0.25) is 0 Å². The van der Waals surface area contributed by atoms with Crippen LogP contribution in [0.15, 0.2) is 16.5 Å². The highest BCUT2D eigenvalue weighted by Gasteiger charge is 2.17. The summed E-state index contributed by atoms with van der Waals surface area (Å²) in [5, 5.41) is 3.23. The molecule has 1 rings (SSSR count). The molecule has 1 aromatic rings. The third-order valence-corrected chi connectivity index (χ3v) is 4.84. The van der Waals surface area contributed by atoms with Gasteiger partial charge in [0, 0.05) is 0 Å². The van der Waals surface area contributed by atoms with Gasteiger partial charge in [-0.25, -0.2) is 8.42 Å². The van der Waals surface area contributed by atoms with E-state index in [2.05, 4.69) is 12.2 Å². The van der Waals surface area contributed by atoms with Gasteiger partial charge in [-0.05, 0) is 31.0 Å². The molecule has 1 unspecified atom stereocenters. The quantitative estimate of drug-likeness (QED) is 0.709. The van der Waals surface area contributed by atoms with Gasteiger partial charge in [0.15, 0.2) is 9.84 Å². The van der Waals surface area contributed by atoms with Crippen molar-refractivity contribution in [2.24, 2.45) is 5.92 Å². The van der Waals surface area contributed by atoms with Gasteiger partial charge in [-0.2, -0.15) is 0 Å². The fraction of sp³-hybridized carbons (Fsp3) is 0.714. The Morgan fingerprint density at radius 2 is 1.95 bits per heavy atom. The summed E-state index contributed by atoms with van der Waals surface area (Å²) in [4.78, 5) is 0. The largest absolute Gasteiger partial charge is 0.464 e. The predicted octanol–water partition coefficient (Wildman–Crippen LogP) is 2.74. The van der Waals surface area contributed by atoms with Crippen LogP contribution >= 0.6 is 0 Å². The molecule has 19 heavy (non-hydrogen) atoms. The first kappa shape index (κ1) is 16.2. The zero-order valence-corrected chi connectivity index (χ0v) is 12.9. The van der Waals surface area contributed by atoms with Gasteiger partial charge in [-0.3, -0.25) is 0 Å². The second-order valence-electron chi connectivity index (χ2n) is 5.11. The molecule has 0 aliphatic rings. The smallest absolute Gasteiger partial charge is 0.157 e. The second-order valence-corrected chi connectivity index (χ2v) is 7.22. The molecule has 1 aromatic heterocycles. The third-order valence-electron chi connectivity index (χ3n) is 3.04. The molecule has 110 valence electrons. The normalized spacial score (nSPS) is 13.6. The Morgan fingerprint density at radius 3 is 2.58 bits per heavy atom. The lowest BCUT2D eigenvalue weighted by Gasteiger charge is -2.08. The molecule has 0 radical (unpaired) electrons. The first-order valence-electron chi connectivity index (χ1n) is 6.95. The average Bonchev–Trinajstić information content (AvgIpc) is 2.75. The van der Waals surface area contributed by atoms with Gasteiger partial charge < -0.3 is 9.73 Å². The highest BCUT2D eigenvalue weighted by molar-refractivity contribution is 7.90. The first-order valence-corrected chi connectivity index (χ1v) is 8.77. The maximum absolute atomic E-state index is 12.0. The minimum atomic E-state index is -3.07. The van der Waals surface area contributed by atoms with Gasteiger partial charge >= 0.3 is 0 Å². The van der Waals surface area contributed by atoms with Crippen molar-refractivity contribution >= 4 is 9.84 Å². The fourth-order valence-corrected chi connectivity index (χ4v) is 3.62. The van der Waals surface area contributed by atoms with Crippen LogP contribution in [0.1, 0.15) is 45.1 Å². The highest BCUT2D eigenvalue weighted by Crippen LogP contribution is 2.14. The van der Waals surface area contributed by atoms with E-state index in [0.29, 0.717) is 12.3 Å². The fourth-order valence-electron chi connectivity index (χ4n) is 1.81. The Morgan fingerprint density at radius 1 is 1.26 bits per heavy atom.